The van der Waals surface area contributed by atoms with Crippen molar-refractivity contribution in [3.8, 4) is 0 Å². The highest BCUT2D eigenvalue weighted by atomic mass is 35.5. The van der Waals surface area contributed by atoms with E-state index >= 15 is 0 Å². The van der Waals surface area contributed by atoms with E-state index in [4.69, 9.17) is 16.7 Å². The molecule has 1 N–H and O–H groups in total. The van der Waals surface area contributed by atoms with E-state index in [0.29, 0.717) is 10.6 Å². The Balaban J connectivity index is 2.82. The summed E-state index contributed by atoms with van der Waals surface area (Å²) in [5.41, 5.74) is 0.680. The predicted molar refractivity (Wildman–Crippen MR) is 38.2 cm³/mol. The molecule has 48 valence electrons. The van der Waals surface area contributed by atoms with Crippen LogP contribution >= 0.6 is 11.6 Å². The quantitative estimate of drug-likeness (QED) is 0.545. The molecule has 1 aliphatic carbocycles. The van der Waals surface area contributed by atoms with Crippen LogP contribution < -0.4 is 0 Å². The second-order valence-electron chi connectivity index (χ2n) is 1.90. The second kappa shape index (κ2) is 2.38. The Bertz CT molecular complexity index is 191. The van der Waals surface area contributed by atoms with Crippen molar-refractivity contribution in [2.45, 2.75) is 6.10 Å². The molecule has 0 aromatic rings. The van der Waals surface area contributed by atoms with Gasteiger partial charge in [0, 0.05) is 5.03 Å². The molecule has 0 spiro atoms. The fourth-order valence-electron chi connectivity index (χ4n) is 0.599. The van der Waals surface area contributed by atoms with Gasteiger partial charge in [-0.2, -0.15) is 0 Å². The van der Waals surface area contributed by atoms with Crippen molar-refractivity contribution in [3.63, 3.8) is 0 Å². The third-order valence-corrected chi connectivity index (χ3v) is 1.41. The molecule has 0 amide bonds. The van der Waals surface area contributed by atoms with Gasteiger partial charge in [-0.05, 0) is 17.7 Å². The topological polar surface area (TPSA) is 20.2 Å². The Labute approximate surface area is 59.0 Å². The lowest BCUT2D eigenvalue weighted by molar-refractivity contribution is 0.262. The molecule has 9 heavy (non-hydrogen) atoms. The Morgan fingerprint density at radius 1 is 1.56 bits per heavy atom. The van der Waals surface area contributed by atoms with Gasteiger partial charge in [-0.1, -0.05) is 24.3 Å². The van der Waals surface area contributed by atoms with Crippen molar-refractivity contribution < 1.29 is 5.11 Å². The molecule has 1 nitrogen and oxygen atoms in total. The van der Waals surface area contributed by atoms with Gasteiger partial charge in [-0.25, -0.2) is 0 Å². The largest absolute Gasteiger partial charge is 0.384 e. The Kier molecular flexibility index (Phi) is 1.74. The molecule has 0 heterocycles. The minimum absolute atomic E-state index is 0.565. The molecule has 0 fully saturated rings. The zero-order chi connectivity index (χ0) is 6.85. The smallest absolute Gasteiger partial charge is 0.0983 e. The van der Waals surface area contributed by atoms with Gasteiger partial charge in [0.2, 0.25) is 0 Å². The molecule has 0 saturated heterocycles. The maximum atomic E-state index is 9.04. The zero-order valence-electron chi connectivity index (χ0n) is 4.84. The van der Waals surface area contributed by atoms with E-state index in [-0.39, 0.29) is 0 Å². The fourth-order valence-corrected chi connectivity index (χ4v) is 0.781. The first-order valence-corrected chi connectivity index (χ1v) is 3.00. The van der Waals surface area contributed by atoms with Gasteiger partial charge < -0.3 is 5.11 Å². The van der Waals surface area contributed by atoms with Crippen molar-refractivity contribution >= 4 is 11.6 Å². The summed E-state index contributed by atoms with van der Waals surface area (Å²) in [4.78, 5) is 0. The molecule has 0 radical (unpaired) electrons. The fraction of sp³-hybridized carbons (Fsp3) is 0.143. The standard InChI is InChI=1S/C7H7ClO/c1-5-2-3-6(8)4-7(5)9/h2-4,7,9H,1H2. The highest BCUT2D eigenvalue weighted by Crippen LogP contribution is 2.16. The average molecular weight is 143 g/mol. The first-order chi connectivity index (χ1) is 4.20. The monoisotopic (exact) mass is 142 g/mol. The molecule has 0 aliphatic heterocycles. The lowest BCUT2D eigenvalue weighted by Crippen LogP contribution is -2.06. The van der Waals surface area contributed by atoms with E-state index in [1.807, 2.05) is 0 Å². The van der Waals surface area contributed by atoms with Crippen molar-refractivity contribution in [1.82, 2.24) is 0 Å². The highest BCUT2D eigenvalue weighted by molar-refractivity contribution is 6.31. The Hall–Kier alpha value is -0.530. The van der Waals surface area contributed by atoms with E-state index in [1.54, 1.807) is 18.2 Å². The zero-order valence-corrected chi connectivity index (χ0v) is 5.60. The molecule has 0 aromatic heterocycles. The number of allylic oxidation sites excluding steroid dienone is 2. The highest BCUT2D eigenvalue weighted by Gasteiger charge is 2.06. The van der Waals surface area contributed by atoms with Crippen LogP contribution in [-0.2, 0) is 0 Å². The van der Waals surface area contributed by atoms with Crippen molar-refractivity contribution in [2.75, 3.05) is 0 Å². The van der Waals surface area contributed by atoms with E-state index in [2.05, 4.69) is 6.58 Å². The number of rotatable bonds is 0. The molecule has 1 rings (SSSR count). The molecule has 2 heteroatoms. The molecule has 0 aromatic carbocycles. The van der Waals surface area contributed by atoms with Gasteiger partial charge in [0.15, 0.2) is 0 Å². The SMILES string of the molecule is C=C1C=CC(Cl)=CC1O. The van der Waals surface area contributed by atoms with Gasteiger partial charge >= 0.3 is 0 Å². The van der Waals surface area contributed by atoms with Gasteiger partial charge in [0.1, 0.15) is 0 Å². The van der Waals surface area contributed by atoms with Gasteiger partial charge in [-0.3, -0.25) is 0 Å². The van der Waals surface area contributed by atoms with Crippen LogP contribution in [0.4, 0.5) is 0 Å². The van der Waals surface area contributed by atoms with Gasteiger partial charge in [0.05, 0.1) is 6.10 Å². The summed E-state index contributed by atoms with van der Waals surface area (Å²) in [7, 11) is 0. The summed E-state index contributed by atoms with van der Waals surface area (Å²) in [6, 6.07) is 0. The molecule has 1 aliphatic rings. The van der Waals surface area contributed by atoms with Crippen molar-refractivity contribution in [1.29, 1.82) is 0 Å². The van der Waals surface area contributed by atoms with Crippen molar-refractivity contribution in [2.24, 2.45) is 0 Å². The Morgan fingerprint density at radius 3 is 2.67 bits per heavy atom. The van der Waals surface area contributed by atoms with Gasteiger partial charge in [0.25, 0.3) is 0 Å². The van der Waals surface area contributed by atoms with E-state index in [1.165, 1.54) is 0 Å². The number of aliphatic hydroxyl groups excluding tert-OH is 1. The summed E-state index contributed by atoms with van der Waals surface area (Å²) in [5, 5.41) is 9.60. The van der Waals surface area contributed by atoms with Crippen LogP contribution in [-0.4, -0.2) is 11.2 Å². The van der Waals surface area contributed by atoms with E-state index < -0.39 is 6.10 Å². The normalized spacial score (nSPS) is 26.2. The third-order valence-electron chi connectivity index (χ3n) is 1.15. The number of hydrogen-bond donors (Lipinski definition) is 1. The summed E-state index contributed by atoms with van der Waals surface area (Å²) in [6.07, 6.45) is 4.36. The van der Waals surface area contributed by atoms with Crippen molar-refractivity contribution in [3.05, 3.63) is 35.4 Å². The lowest BCUT2D eigenvalue weighted by atomic mass is 10.1. The molecule has 0 bridgehead atoms. The average Bonchev–Trinajstić information content (AvgIpc) is 1.80. The summed E-state index contributed by atoms with van der Waals surface area (Å²) in [5.74, 6) is 0. The summed E-state index contributed by atoms with van der Waals surface area (Å²) in [6.45, 7) is 3.59. The molecule has 1 unspecified atom stereocenters. The van der Waals surface area contributed by atoms with Crippen LogP contribution in [0.5, 0.6) is 0 Å². The number of aliphatic hydroxyl groups is 1. The number of hydrogen-bond acceptors (Lipinski definition) is 1. The van der Waals surface area contributed by atoms with E-state index in [9.17, 15) is 0 Å². The van der Waals surface area contributed by atoms with Crippen LogP contribution in [0.1, 0.15) is 0 Å². The minimum atomic E-state index is -0.595. The van der Waals surface area contributed by atoms with Crippen LogP contribution in [0.3, 0.4) is 0 Å². The van der Waals surface area contributed by atoms with Crippen LogP contribution in [0.15, 0.2) is 35.4 Å². The van der Waals surface area contributed by atoms with E-state index in [0.717, 1.165) is 0 Å². The van der Waals surface area contributed by atoms with Crippen LogP contribution in [0.25, 0.3) is 0 Å². The first kappa shape index (κ1) is 6.59. The van der Waals surface area contributed by atoms with Crippen LogP contribution in [0.2, 0.25) is 0 Å². The molecular formula is C7H7ClO. The first-order valence-electron chi connectivity index (χ1n) is 2.62. The third kappa shape index (κ3) is 1.44. The Morgan fingerprint density at radius 2 is 2.22 bits per heavy atom. The molecule has 1 atom stereocenters. The molecular weight excluding hydrogens is 136 g/mol. The maximum absolute atomic E-state index is 9.04. The van der Waals surface area contributed by atoms with Crippen LogP contribution in [0, 0.1) is 0 Å². The predicted octanol–water partition coefficient (Wildman–Crippen LogP) is 1.60. The summed E-state index contributed by atoms with van der Waals surface area (Å²) >= 11 is 5.55. The second-order valence-corrected chi connectivity index (χ2v) is 2.34. The maximum Gasteiger partial charge on any atom is 0.0983 e. The molecule has 0 saturated carbocycles. The summed E-state index contributed by atoms with van der Waals surface area (Å²) < 4.78 is 0. The minimum Gasteiger partial charge on any atom is -0.384 e. The lowest BCUT2D eigenvalue weighted by Gasteiger charge is -2.09. The number of halogens is 1. The van der Waals surface area contributed by atoms with Gasteiger partial charge in [-0.15, -0.1) is 0 Å².